The van der Waals surface area contributed by atoms with Crippen LogP contribution in [0.1, 0.15) is 25.8 Å². The maximum absolute atomic E-state index is 9.81. The Kier molecular flexibility index (Phi) is 4.33. The topological polar surface area (TPSA) is 55.5 Å². The Morgan fingerprint density at radius 2 is 1.88 bits per heavy atom. The van der Waals surface area contributed by atoms with E-state index in [9.17, 15) is 5.11 Å². The zero-order valence-corrected chi connectivity index (χ0v) is 10.2. The van der Waals surface area contributed by atoms with Crippen LogP contribution >= 0.6 is 0 Å². The number of ether oxygens (including phenoxy) is 1. The van der Waals surface area contributed by atoms with E-state index in [1.54, 1.807) is 0 Å². The summed E-state index contributed by atoms with van der Waals surface area (Å²) in [6.07, 6.45) is 0.429. The third-order valence-corrected chi connectivity index (χ3v) is 2.79. The van der Waals surface area contributed by atoms with E-state index in [1.165, 1.54) is 5.56 Å². The summed E-state index contributed by atoms with van der Waals surface area (Å²) >= 11 is 0. The van der Waals surface area contributed by atoms with Crippen LogP contribution in [0, 0.1) is 12.8 Å². The maximum atomic E-state index is 9.81. The van der Waals surface area contributed by atoms with E-state index < -0.39 is 5.72 Å². The average molecular weight is 223 g/mol. The Morgan fingerprint density at radius 1 is 1.31 bits per heavy atom. The van der Waals surface area contributed by atoms with Crippen LogP contribution in [0.15, 0.2) is 24.3 Å². The second kappa shape index (κ2) is 5.32. The molecule has 0 aromatic heterocycles. The Morgan fingerprint density at radius 3 is 2.38 bits per heavy atom. The highest BCUT2D eigenvalue weighted by atomic mass is 16.5. The third-order valence-electron chi connectivity index (χ3n) is 2.79. The number of aryl methyl sites for hydroxylation is 1. The van der Waals surface area contributed by atoms with E-state index in [1.807, 2.05) is 45.0 Å². The van der Waals surface area contributed by atoms with Crippen LogP contribution in [0.2, 0.25) is 0 Å². The van der Waals surface area contributed by atoms with Gasteiger partial charge in [-0.2, -0.15) is 0 Å². The summed E-state index contributed by atoms with van der Waals surface area (Å²) < 4.78 is 5.51. The van der Waals surface area contributed by atoms with Crippen molar-refractivity contribution in [1.82, 2.24) is 0 Å². The molecule has 0 aliphatic carbocycles. The molecule has 1 atom stereocenters. The molecule has 1 aromatic rings. The summed E-state index contributed by atoms with van der Waals surface area (Å²) in [5.74, 6) is 0.833. The van der Waals surface area contributed by atoms with E-state index in [0.29, 0.717) is 13.0 Å². The fraction of sp³-hybridized carbons (Fsp3) is 0.538. The van der Waals surface area contributed by atoms with Crippen LogP contribution in [-0.2, 0) is 0 Å². The summed E-state index contributed by atoms with van der Waals surface area (Å²) in [5.41, 5.74) is 5.77. The predicted molar refractivity (Wildman–Crippen MR) is 65.3 cm³/mol. The minimum Gasteiger partial charge on any atom is -0.493 e. The van der Waals surface area contributed by atoms with Gasteiger partial charge in [-0.1, -0.05) is 31.5 Å². The van der Waals surface area contributed by atoms with Crippen LogP contribution in [0.25, 0.3) is 0 Å². The lowest BCUT2D eigenvalue weighted by Gasteiger charge is -2.27. The van der Waals surface area contributed by atoms with Crippen molar-refractivity contribution in [3.63, 3.8) is 0 Å². The number of hydrogen-bond acceptors (Lipinski definition) is 3. The normalized spacial score (nSPS) is 14.9. The van der Waals surface area contributed by atoms with Crippen molar-refractivity contribution in [3.8, 4) is 5.75 Å². The number of aliphatic hydroxyl groups is 1. The van der Waals surface area contributed by atoms with Crippen molar-refractivity contribution in [1.29, 1.82) is 0 Å². The van der Waals surface area contributed by atoms with Crippen molar-refractivity contribution in [3.05, 3.63) is 29.8 Å². The fourth-order valence-electron chi connectivity index (χ4n) is 1.26. The summed E-state index contributed by atoms with van der Waals surface area (Å²) in [6, 6.07) is 7.82. The van der Waals surface area contributed by atoms with E-state index in [-0.39, 0.29) is 5.92 Å². The SMILES string of the molecule is Cc1ccc(OCCC(N)(O)C(C)C)cc1. The van der Waals surface area contributed by atoms with Gasteiger partial charge in [-0.15, -0.1) is 0 Å². The molecule has 0 saturated carbocycles. The zero-order valence-electron chi connectivity index (χ0n) is 10.2. The molecule has 0 bridgehead atoms. The van der Waals surface area contributed by atoms with Crippen molar-refractivity contribution < 1.29 is 9.84 Å². The smallest absolute Gasteiger partial charge is 0.119 e. The minimum atomic E-state index is -1.15. The number of benzene rings is 1. The van der Waals surface area contributed by atoms with Crippen LogP contribution in [0.5, 0.6) is 5.75 Å². The Hall–Kier alpha value is -1.06. The van der Waals surface area contributed by atoms with Gasteiger partial charge in [-0.05, 0) is 25.0 Å². The third kappa shape index (κ3) is 3.83. The first-order valence-corrected chi connectivity index (χ1v) is 5.62. The predicted octanol–water partition coefficient (Wildman–Crippen LogP) is 2.07. The Bertz CT molecular complexity index is 317. The fourth-order valence-corrected chi connectivity index (χ4v) is 1.26. The molecule has 0 aliphatic rings. The van der Waals surface area contributed by atoms with Crippen molar-refractivity contribution in [2.75, 3.05) is 6.61 Å². The number of rotatable bonds is 5. The molecular weight excluding hydrogens is 202 g/mol. The minimum absolute atomic E-state index is 0.0223. The first kappa shape index (κ1) is 13.0. The summed E-state index contributed by atoms with van der Waals surface area (Å²) in [7, 11) is 0. The molecule has 3 N–H and O–H groups in total. The summed E-state index contributed by atoms with van der Waals surface area (Å²) in [4.78, 5) is 0. The molecular formula is C13H21NO2. The van der Waals surface area contributed by atoms with Gasteiger partial charge >= 0.3 is 0 Å². The molecule has 3 nitrogen and oxygen atoms in total. The van der Waals surface area contributed by atoms with E-state index in [0.717, 1.165) is 5.75 Å². The monoisotopic (exact) mass is 223 g/mol. The van der Waals surface area contributed by atoms with E-state index in [2.05, 4.69) is 0 Å². The Balaban J connectivity index is 2.39. The van der Waals surface area contributed by atoms with E-state index >= 15 is 0 Å². The van der Waals surface area contributed by atoms with Gasteiger partial charge in [-0.3, -0.25) is 0 Å². The lowest BCUT2D eigenvalue weighted by atomic mass is 9.98. The molecule has 16 heavy (non-hydrogen) atoms. The second-order valence-electron chi connectivity index (χ2n) is 4.56. The molecule has 1 rings (SSSR count). The van der Waals surface area contributed by atoms with Gasteiger partial charge < -0.3 is 15.6 Å². The van der Waals surface area contributed by atoms with Gasteiger partial charge in [0.1, 0.15) is 11.5 Å². The van der Waals surface area contributed by atoms with Gasteiger partial charge in [0.15, 0.2) is 0 Å². The van der Waals surface area contributed by atoms with Crippen LogP contribution in [-0.4, -0.2) is 17.4 Å². The largest absolute Gasteiger partial charge is 0.493 e. The van der Waals surface area contributed by atoms with Crippen LogP contribution < -0.4 is 10.5 Å². The first-order chi connectivity index (χ1) is 7.42. The van der Waals surface area contributed by atoms with Gasteiger partial charge in [0.2, 0.25) is 0 Å². The summed E-state index contributed by atoms with van der Waals surface area (Å²) in [5, 5.41) is 9.81. The molecule has 0 spiro atoms. The highest BCUT2D eigenvalue weighted by Gasteiger charge is 2.25. The van der Waals surface area contributed by atoms with Gasteiger partial charge in [-0.25, -0.2) is 0 Å². The summed E-state index contributed by atoms with van der Waals surface area (Å²) in [6.45, 7) is 6.24. The molecule has 0 saturated heterocycles. The molecule has 0 radical (unpaired) electrons. The molecule has 0 heterocycles. The molecule has 0 fully saturated rings. The number of nitrogens with two attached hydrogens (primary N) is 1. The molecule has 90 valence electrons. The standard InChI is InChI=1S/C13H21NO2/c1-10(2)13(14,15)8-9-16-12-6-4-11(3)5-7-12/h4-7,10,15H,8-9,14H2,1-3H3. The lowest BCUT2D eigenvalue weighted by Crippen LogP contribution is -2.46. The quantitative estimate of drug-likeness (QED) is 0.751. The first-order valence-electron chi connectivity index (χ1n) is 5.62. The van der Waals surface area contributed by atoms with Crippen molar-refractivity contribution in [2.45, 2.75) is 32.9 Å². The highest BCUT2D eigenvalue weighted by molar-refractivity contribution is 5.26. The molecule has 3 heteroatoms. The van der Waals surface area contributed by atoms with Crippen molar-refractivity contribution >= 4 is 0 Å². The Labute approximate surface area is 97.2 Å². The zero-order chi connectivity index (χ0) is 12.2. The second-order valence-corrected chi connectivity index (χ2v) is 4.56. The maximum Gasteiger partial charge on any atom is 0.119 e. The molecule has 1 unspecified atom stereocenters. The van der Waals surface area contributed by atoms with Crippen LogP contribution in [0.3, 0.4) is 0 Å². The number of hydrogen-bond donors (Lipinski definition) is 2. The molecule has 0 aliphatic heterocycles. The average Bonchev–Trinajstić information content (AvgIpc) is 2.20. The highest BCUT2D eigenvalue weighted by Crippen LogP contribution is 2.16. The van der Waals surface area contributed by atoms with Crippen LogP contribution in [0.4, 0.5) is 0 Å². The molecule has 0 amide bonds. The van der Waals surface area contributed by atoms with Crippen molar-refractivity contribution in [2.24, 2.45) is 11.7 Å². The van der Waals surface area contributed by atoms with E-state index in [4.69, 9.17) is 10.5 Å². The molecule has 1 aromatic carbocycles. The van der Waals surface area contributed by atoms with Gasteiger partial charge in [0.25, 0.3) is 0 Å². The van der Waals surface area contributed by atoms with Gasteiger partial charge in [0.05, 0.1) is 6.61 Å². The van der Waals surface area contributed by atoms with Gasteiger partial charge in [0, 0.05) is 6.42 Å². The lowest BCUT2D eigenvalue weighted by molar-refractivity contribution is -0.0169.